The Morgan fingerprint density at radius 2 is 1.75 bits per heavy atom. The molecule has 296 valence electrons. The highest BCUT2D eigenvalue weighted by Gasteiger charge is 2.45. The first-order valence-electron chi connectivity index (χ1n) is 18.2. The number of fused-ring (bicyclic) bond motifs is 2. The van der Waals surface area contributed by atoms with Gasteiger partial charge in [0.2, 0.25) is 17.7 Å². The Bertz CT molecular complexity index is 2300. The second-order valence-corrected chi connectivity index (χ2v) is 13.5. The van der Waals surface area contributed by atoms with Crippen molar-refractivity contribution in [1.82, 2.24) is 45.0 Å². The average molecular weight is 799 g/mol. The Balaban J connectivity index is 0.792. The van der Waals surface area contributed by atoms with Crippen molar-refractivity contribution in [1.29, 1.82) is 0 Å². The first kappa shape index (κ1) is 39.0. The van der Waals surface area contributed by atoms with E-state index in [0.29, 0.717) is 50.3 Å². The number of amides is 6. The lowest BCUT2D eigenvalue weighted by Crippen LogP contribution is -2.54. The lowest BCUT2D eigenvalue weighted by molar-refractivity contribution is -0.136. The number of thiocarbonyl (C=S) groups is 1. The highest BCUT2D eigenvalue weighted by molar-refractivity contribution is 7.80. The average Bonchev–Trinajstić information content (AvgIpc) is 3.92. The van der Waals surface area contributed by atoms with E-state index < -0.39 is 35.6 Å². The summed E-state index contributed by atoms with van der Waals surface area (Å²) in [6, 6.07) is 7.13. The van der Waals surface area contributed by atoms with Gasteiger partial charge in [0.05, 0.1) is 80.2 Å². The maximum atomic E-state index is 13.2. The van der Waals surface area contributed by atoms with Crippen LogP contribution in [0, 0.1) is 0 Å². The monoisotopic (exact) mass is 798 g/mol. The minimum atomic E-state index is -1.11. The minimum absolute atomic E-state index is 0.00159. The molecular weight excluding hydrogens is 761 g/mol. The zero-order valence-corrected chi connectivity index (χ0v) is 31.6. The van der Waals surface area contributed by atoms with Crippen molar-refractivity contribution in [2.75, 3.05) is 51.5 Å². The van der Waals surface area contributed by atoms with E-state index in [-0.39, 0.29) is 55.4 Å². The van der Waals surface area contributed by atoms with E-state index in [2.05, 4.69) is 31.2 Å². The highest BCUT2D eigenvalue weighted by Crippen LogP contribution is 2.32. The van der Waals surface area contributed by atoms with Crippen LogP contribution >= 0.6 is 12.2 Å². The van der Waals surface area contributed by atoms with Gasteiger partial charge in [-0.3, -0.25) is 48.9 Å². The van der Waals surface area contributed by atoms with Crippen LogP contribution in [0.15, 0.2) is 54.6 Å². The van der Waals surface area contributed by atoms with E-state index in [1.54, 1.807) is 17.0 Å². The maximum absolute atomic E-state index is 13.2. The molecule has 6 amide bonds. The Morgan fingerprint density at radius 1 is 0.965 bits per heavy atom. The van der Waals surface area contributed by atoms with Gasteiger partial charge in [-0.2, -0.15) is 0 Å². The molecule has 19 nitrogen and oxygen atoms in total. The molecule has 0 saturated carbocycles. The Labute approximate surface area is 330 Å². The number of carbonyl (C=O) groups is 6. The van der Waals surface area contributed by atoms with Crippen LogP contribution in [0.25, 0.3) is 17.1 Å². The number of nitrogens with one attached hydrogen (secondary N) is 3. The molecule has 0 bridgehead atoms. The molecular formula is C37H38N10O9S. The zero-order chi connectivity index (χ0) is 40.1. The number of aromatic nitrogens is 5. The van der Waals surface area contributed by atoms with Crippen molar-refractivity contribution in [3.8, 4) is 0 Å². The van der Waals surface area contributed by atoms with Crippen LogP contribution in [0.3, 0.4) is 0 Å². The van der Waals surface area contributed by atoms with Crippen molar-refractivity contribution < 1.29 is 43.0 Å². The number of ether oxygens (including phenoxy) is 3. The van der Waals surface area contributed by atoms with Gasteiger partial charge in [-0.15, -0.1) is 5.10 Å². The SMILES string of the molecule is CCN1C(=O)/C(=C/c2cn(Cc3cn(CCOCCOCCOCC(=O)Nc4cccc5c4C(=O)N(C4CCC(=O)NC4=O)C5=O)nn3)c3cccnc23)NC1=S. The maximum Gasteiger partial charge on any atom is 0.276 e. The molecule has 0 spiro atoms. The van der Waals surface area contributed by atoms with Crippen LogP contribution in [-0.2, 0) is 46.5 Å². The molecule has 0 radical (unpaired) electrons. The van der Waals surface area contributed by atoms with E-state index in [9.17, 15) is 28.8 Å². The Kier molecular flexibility index (Phi) is 11.8. The third-order valence-electron chi connectivity index (χ3n) is 9.35. The normalized spacial score (nSPS) is 17.6. The second kappa shape index (κ2) is 17.3. The number of hydrogen-bond donors (Lipinski definition) is 3. The molecule has 1 atom stereocenters. The largest absolute Gasteiger partial charge is 0.377 e. The number of anilines is 1. The van der Waals surface area contributed by atoms with Gasteiger partial charge in [0, 0.05) is 30.9 Å². The molecule has 4 aromatic rings. The van der Waals surface area contributed by atoms with Crippen LogP contribution < -0.4 is 16.0 Å². The van der Waals surface area contributed by atoms with Crippen LogP contribution in [0.4, 0.5) is 5.69 Å². The number of piperidine rings is 1. The zero-order valence-electron chi connectivity index (χ0n) is 30.8. The van der Waals surface area contributed by atoms with E-state index >= 15 is 0 Å². The van der Waals surface area contributed by atoms with Gasteiger partial charge in [0.25, 0.3) is 17.7 Å². The van der Waals surface area contributed by atoms with E-state index in [1.807, 2.05) is 36.0 Å². The highest BCUT2D eigenvalue weighted by atomic mass is 32.1. The van der Waals surface area contributed by atoms with Crippen LogP contribution in [0.2, 0.25) is 0 Å². The molecule has 3 aromatic heterocycles. The van der Waals surface area contributed by atoms with Crippen molar-refractivity contribution in [2.24, 2.45) is 0 Å². The van der Waals surface area contributed by atoms with Crippen LogP contribution in [0.5, 0.6) is 0 Å². The van der Waals surface area contributed by atoms with Gasteiger partial charge >= 0.3 is 0 Å². The van der Waals surface area contributed by atoms with Crippen molar-refractivity contribution >= 4 is 75.6 Å². The fourth-order valence-corrected chi connectivity index (χ4v) is 6.99. The van der Waals surface area contributed by atoms with Crippen LogP contribution in [0.1, 0.15) is 51.7 Å². The number of likely N-dealkylation sites (N-methyl/N-ethyl adjacent to an activating group) is 1. The fourth-order valence-electron chi connectivity index (χ4n) is 6.66. The van der Waals surface area contributed by atoms with Gasteiger partial charge in [-0.05, 0) is 55.9 Å². The summed E-state index contributed by atoms with van der Waals surface area (Å²) < 4.78 is 20.3. The summed E-state index contributed by atoms with van der Waals surface area (Å²) in [5.74, 6) is -3.30. The number of carbonyl (C=O) groups excluding carboxylic acids is 6. The fraction of sp³-hybridized carbons (Fsp3) is 0.351. The smallest absolute Gasteiger partial charge is 0.276 e. The van der Waals surface area contributed by atoms with Gasteiger partial charge < -0.3 is 29.4 Å². The molecule has 2 fully saturated rings. The molecule has 0 aliphatic carbocycles. The summed E-state index contributed by atoms with van der Waals surface area (Å²) in [5.41, 5.74) is 3.67. The number of benzene rings is 1. The number of pyridine rings is 1. The predicted octanol–water partition coefficient (Wildman–Crippen LogP) is 0.843. The molecule has 3 aliphatic heterocycles. The second-order valence-electron chi connectivity index (χ2n) is 13.1. The van der Waals surface area contributed by atoms with Gasteiger partial charge in [0.15, 0.2) is 5.11 Å². The topological polar surface area (TPSA) is 221 Å². The standard InChI is InChI=1S/C37H38N10O9S/c1-2-46-35(52)26(40-37(46)57)17-22-18-44(27-7-4-10-38-32(22)27)19-23-20-45(43-42-23)11-12-54-13-14-55-15-16-56-21-30(49)39-25-6-3-5-24-31(25)36(53)47(34(24)51)28-8-9-29(48)41-33(28)50/h3-7,10,17-18,20,28H,2,8-9,11-16,19,21H2,1H3,(H,39,49)(H,40,57)(H,41,48,50)/b26-17-. The molecule has 7 rings (SSSR count). The summed E-state index contributed by atoms with van der Waals surface area (Å²) in [6.45, 7) is 4.24. The first-order valence-corrected chi connectivity index (χ1v) is 18.6. The Morgan fingerprint density at radius 3 is 2.53 bits per heavy atom. The lowest BCUT2D eigenvalue weighted by Gasteiger charge is -2.27. The predicted molar refractivity (Wildman–Crippen MR) is 204 cm³/mol. The third kappa shape index (κ3) is 8.48. The van der Waals surface area contributed by atoms with Gasteiger partial charge in [-0.25, -0.2) is 4.68 Å². The van der Waals surface area contributed by atoms with E-state index in [4.69, 9.17) is 26.4 Å². The molecule has 6 heterocycles. The minimum Gasteiger partial charge on any atom is -0.377 e. The third-order valence-corrected chi connectivity index (χ3v) is 9.67. The number of hydrogen-bond acceptors (Lipinski definition) is 13. The molecule has 3 N–H and O–H groups in total. The molecule has 1 unspecified atom stereocenters. The summed E-state index contributed by atoms with van der Waals surface area (Å²) in [5, 5.41) is 16.6. The van der Waals surface area contributed by atoms with Gasteiger partial charge in [0.1, 0.15) is 24.0 Å². The van der Waals surface area contributed by atoms with Crippen molar-refractivity contribution in [2.45, 2.75) is 38.9 Å². The summed E-state index contributed by atoms with van der Waals surface area (Å²) in [6.07, 6.45) is 7.25. The quantitative estimate of drug-likeness (QED) is 0.0584. The summed E-state index contributed by atoms with van der Waals surface area (Å²) in [4.78, 5) is 82.3. The first-order chi connectivity index (χ1) is 27.6. The number of nitrogens with zero attached hydrogens (tertiary/aromatic N) is 7. The molecule has 2 saturated heterocycles. The van der Waals surface area contributed by atoms with Crippen molar-refractivity contribution in [3.05, 3.63) is 77.0 Å². The number of imide groups is 2. The summed E-state index contributed by atoms with van der Waals surface area (Å²) >= 11 is 5.28. The molecule has 20 heteroatoms. The van der Waals surface area contributed by atoms with E-state index in [0.717, 1.165) is 27.2 Å². The van der Waals surface area contributed by atoms with Gasteiger partial charge in [-0.1, -0.05) is 11.3 Å². The van der Waals surface area contributed by atoms with Crippen molar-refractivity contribution in [3.63, 3.8) is 0 Å². The number of rotatable bonds is 17. The molecule has 57 heavy (non-hydrogen) atoms. The summed E-state index contributed by atoms with van der Waals surface area (Å²) in [7, 11) is 0. The molecule has 3 aliphatic rings. The lowest BCUT2D eigenvalue weighted by atomic mass is 10.0. The van der Waals surface area contributed by atoms with E-state index in [1.165, 1.54) is 23.1 Å². The molecule has 1 aromatic carbocycles. The Hall–Kier alpha value is -6.22. The van der Waals surface area contributed by atoms with Crippen LogP contribution in [-0.4, -0.2) is 127 Å².